The third-order valence-corrected chi connectivity index (χ3v) is 0. The van der Waals surface area contributed by atoms with Crippen LogP contribution in [0.1, 0.15) is 0 Å². The van der Waals surface area contributed by atoms with Gasteiger partial charge in [0.1, 0.15) is 0 Å². The van der Waals surface area contributed by atoms with Crippen molar-refractivity contribution < 1.29 is 24.3 Å². The van der Waals surface area contributed by atoms with E-state index in [1.165, 1.54) is 0 Å². The summed E-state index contributed by atoms with van der Waals surface area (Å²) in [4.78, 5) is 0. The first-order chi connectivity index (χ1) is 0. The van der Waals surface area contributed by atoms with E-state index in [1.54, 1.807) is 0 Å². The second kappa shape index (κ2) is 18.8. The fourth-order valence-corrected chi connectivity index (χ4v) is 0. The van der Waals surface area contributed by atoms with Crippen molar-refractivity contribution in [3.8, 4) is 0 Å². The van der Waals surface area contributed by atoms with Crippen LogP contribution in [0.25, 0.3) is 0 Å². The van der Waals surface area contributed by atoms with Gasteiger partial charge in [-0.05, 0) is 0 Å². The van der Waals surface area contributed by atoms with Gasteiger partial charge in [0.25, 0.3) is 0 Å². The average molecular weight is 366 g/mol. The van der Waals surface area contributed by atoms with E-state index in [1.807, 2.05) is 0 Å². The molecule has 0 aromatic carbocycles. The Labute approximate surface area is 73.2 Å². The maximum atomic E-state index is 0. The SMILES string of the molecule is [BiH3].[Li+].[OH-].[TeH2]. The Kier molecular flexibility index (Phi) is 161. The van der Waals surface area contributed by atoms with Crippen LogP contribution in [0.15, 0.2) is 0 Å². The van der Waals surface area contributed by atoms with E-state index in [9.17, 15) is 0 Å². The van der Waals surface area contributed by atoms with Crippen LogP contribution in [0.3, 0.4) is 0 Å². The molecule has 0 aliphatic heterocycles. The molecule has 4 heavy (non-hydrogen) atoms. The van der Waals surface area contributed by atoms with Gasteiger partial charge in [-0.25, -0.2) is 0 Å². The predicted octanol–water partition coefficient (Wildman–Crippen LogP) is -5.27. The Hall–Kier alpha value is 2.23. The van der Waals surface area contributed by atoms with Crippen LogP contribution >= 0.6 is 0 Å². The Morgan fingerprint density at radius 2 is 1.00 bits per heavy atom. The van der Waals surface area contributed by atoms with Crippen LogP contribution in [0.5, 0.6) is 0 Å². The van der Waals surface area contributed by atoms with Crippen LogP contribution in [0.4, 0.5) is 0 Å². The Balaban J connectivity index is 0. The molecule has 0 heterocycles. The van der Waals surface area contributed by atoms with Gasteiger partial charge in [-0.2, -0.15) is 0 Å². The summed E-state index contributed by atoms with van der Waals surface area (Å²) in [5.74, 6) is 0. The van der Waals surface area contributed by atoms with E-state index in [0.29, 0.717) is 0 Å². The second-order valence-corrected chi connectivity index (χ2v) is 0. The molecule has 1 N–H and O–H groups in total. The van der Waals surface area contributed by atoms with Crippen LogP contribution in [-0.2, 0) is 0 Å². The van der Waals surface area contributed by atoms with Crippen LogP contribution < -0.4 is 18.9 Å². The summed E-state index contributed by atoms with van der Waals surface area (Å²) in [6.45, 7) is 0. The normalized spacial score (nSPS) is 0. The van der Waals surface area contributed by atoms with Gasteiger partial charge in [0, 0.05) is 0 Å². The summed E-state index contributed by atoms with van der Waals surface area (Å²) in [6, 6.07) is 0. The van der Waals surface area contributed by atoms with Crippen molar-refractivity contribution in [2.75, 3.05) is 0 Å². The summed E-state index contributed by atoms with van der Waals surface area (Å²) in [5.41, 5.74) is 0. The van der Waals surface area contributed by atoms with E-state index in [4.69, 9.17) is 0 Å². The Morgan fingerprint density at radius 1 is 1.00 bits per heavy atom. The number of hydrogen-bond donors (Lipinski definition) is 0. The van der Waals surface area contributed by atoms with Gasteiger partial charge in [0.15, 0.2) is 0 Å². The molecule has 0 fully saturated rings. The van der Waals surface area contributed by atoms with Crippen molar-refractivity contribution in [3.63, 3.8) is 0 Å². The van der Waals surface area contributed by atoms with Crippen molar-refractivity contribution in [2.24, 2.45) is 0 Å². The number of rotatable bonds is 0. The molecule has 0 spiro atoms. The molecule has 4 heteroatoms. The van der Waals surface area contributed by atoms with Crippen molar-refractivity contribution in [3.05, 3.63) is 0 Å². The van der Waals surface area contributed by atoms with E-state index in [2.05, 4.69) is 0 Å². The fraction of sp³-hybridized carbons (Fsp3) is 0. The first-order valence-electron chi connectivity index (χ1n) is 0. The third kappa shape index (κ3) is 8.87. The van der Waals surface area contributed by atoms with Gasteiger partial charge in [-0.15, -0.1) is 0 Å². The predicted molar refractivity (Wildman–Crippen MR) is 20.4 cm³/mol. The van der Waals surface area contributed by atoms with Gasteiger partial charge in [-0.3, -0.25) is 0 Å². The monoisotopic (exact) mass is 368 g/mol. The van der Waals surface area contributed by atoms with E-state index in [-0.39, 0.29) is 74.2 Å². The zero-order chi connectivity index (χ0) is 0. The second-order valence-electron chi connectivity index (χ2n) is 0. The summed E-state index contributed by atoms with van der Waals surface area (Å²) in [6.07, 6.45) is 0. The van der Waals surface area contributed by atoms with E-state index < -0.39 is 0 Å². The molecule has 0 aromatic heterocycles. The molecule has 0 amide bonds. The molecular formula is H6BiLiOTe. The molecule has 0 aliphatic rings. The molecule has 0 aromatic rings. The van der Waals surface area contributed by atoms with Crippen molar-refractivity contribution in [2.45, 2.75) is 0 Å². The number of hydrogen-bond acceptors (Lipinski definition) is 1. The zero-order valence-corrected chi connectivity index (χ0v) is 11.0. The molecule has 1 nitrogen and oxygen atoms in total. The molecule has 0 aliphatic carbocycles. The fourth-order valence-electron chi connectivity index (χ4n) is 0. The minimum atomic E-state index is 0. The van der Waals surface area contributed by atoms with E-state index in [0.717, 1.165) is 0 Å². The summed E-state index contributed by atoms with van der Waals surface area (Å²) in [7, 11) is 0. The molecule has 0 radical (unpaired) electrons. The quantitative estimate of drug-likeness (QED) is 0.395. The molecule has 0 atom stereocenters. The Morgan fingerprint density at radius 3 is 1.00 bits per heavy atom. The average Bonchev–Trinajstić information content (AvgIpc) is 0. The van der Waals surface area contributed by atoms with Crippen LogP contribution in [0.2, 0.25) is 0 Å². The molecule has 0 rings (SSSR count). The van der Waals surface area contributed by atoms with E-state index >= 15 is 0 Å². The van der Waals surface area contributed by atoms with Crippen molar-refractivity contribution in [1.82, 2.24) is 0 Å². The van der Waals surface area contributed by atoms with Gasteiger partial charge in [0.2, 0.25) is 0 Å². The van der Waals surface area contributed by atoms with Crippen molar-refractivity contribution in [1.29, 1.82) is 0 Å². The first kappa shape index (κ1) is 34.3. The van der Waals surface area contributed by atoms with Gasteiger partial charge < -0.3 is 5.48 Å². The van der Waals surface area contributed by atoms with Crippen LogP contribution in [-0.4, -0.2) is 55.3 Å². The summed E-state index contributed by atoms with van der Waals surface area (Å²) >= 11 is 0. The van der Waals surface area contributed by atoms with Gasteiger partial charge >= 0.3 is 68.7 Å². The maximum absolute atomic E-state index is 0. The molecule has 0 unspecified atom stereocenters. The molecule has 0 saturated heterocycles. The van der Waals surface area contributed by atoms with Crippen LogP contribution in [0, 0.1) is 0 Å². The van der Waals surface area contributed by atoms with Crippen molar-refractivity contribution >= 4 is 49.9 Å². The summed E-state index contributed by atoms with van der Waals surface area (Å²) < 4.78 is 0. The molecule has 24 valence electrons. The molecule has 0 saturated carbocycles. The standard InChI is InChI=1S/Bi.Li.H2O.H2Te.3H/h;;2*1H2;;;/q;+1;;;;;/p-1. The third-order valence-electron chi connectivity index (χ3n) is 0. The molecule has 0 bridgehead atoms. The zero-order valence-electron chi connectivity index (χ0n) is 2.65. The summed E-state index contributed by atoms with van der Waals surface area (Å²) in [5, 5.41) is 0. The first-order valence-corrected chi connectivity index (χ1v) is 0. The van der Waals surface area contributed by atoms with Gasteiger partial charge in [-0.1, -0.05) is 0 Å². The minimum absolute atomic E-state index is 0. The Bertz CT molecular complexity index is 8.00. The van der Waals surface area contributed by atoms with Gasteiger partial charge in [0.05, 0.1) is 0 Å². The topological polar surface area (TPSA) is 30.0 Å². The molecular weight excluding hydrogens is 360 g/mol.